The van der Waals surface area contributed by atoms with Crippen LogP contribution in [0.5, 0.6) is 0 Å². The molecule has 25 heavy (non-hydrogen) atoms. The van der Waals surface area contributed by atoms with Gasteiger partial charge in [0.15, 0.2) is 0 Å². The van der Waals surface area contributed by atoms with Crippen LogP contribution in [0.15, 0.2) is 54.7 Å². The normalized spacial score (nSPS) is 10.4. The van der Waals surface area contributed by atoms with E-state index in [1.807, 2.05) is 32.0 Å². The summed E-state index contributed by atoms with van der Waals surface area (Å²) in [6.07, 6.45) is 1.54. The van der Waals surface area contributed by atoms with Crippen LogP contribution in [0.2, 0.25) is 5.02 Å². The molecule has 0 aliphatic heterocycles. The third-order valence-electron chi connectivity index (χ3n) is 3.86. The number of rotatable bonds is 4. The molecule has 0 bridgehead atoms. The minimum Gasteiger partial charge on any atom is -0.324 e. The number of nitrogens with zero attached hydrogens (tertiary/aromatic N) is 2. The molecule has 3 aromatic rings. The van der Waals surface area contributed by atoms with Crippen molar-refractivity contribution in [2.45, 2.75) is 13.8 Å². The van der Waals surface area contributed by atoms with E-state index in [4.69, 9.17) is 11.6 Å². The number of hydrogen-bond donors (Lipinski definition) is 2. The van der Waals surface area contributed by atoms with Crippen LogP contribution in [-0.2, 0) is 0 Å². The number of aromatic nitrogens is 2. The average Bonchev–Trinajstić information content (AvgIpc) is 2.61. The van der Waals surface area contributed by atoms with Crippen molar-refractivity contribution in [1.29, 1.82) is 0 Å². The zero-order valence-electron chi connectivity index (χ0n) is 13.9. The van der Waals surface area contributed by atoms with Crippen molar-refractivity contribution in [2.24, 2.45) is 0 Å². The highest BCUT2D eigenvalue weighted by Crippen LogP contribution is 2.22. The van der Waals surface area contributed by atoms with Crippen molar-refractivity contribution in [3.05, 3.63) is 76.6 Å². The third-order valence-corrected chi connectivity index (χ3v) is 4.19. The second-order valence-electron chi connectivity index (χ2n) is 5.57. The monoisotopic (exact) mass is 352 g/mol. The Morgan fingerprint density at radius 3 is 2.56 bits per heavy atom. The van der Waals surface area contributed by atoms with Gasteiger partial charge in [0.25, 0.3) is 5.91 Å². The summed E-state index contributed by atoms with van der Waals surface area (Å²) in [5.41, 5.74) is 3.97. The predicted octanol–water partition coefficient (Wildman–Crippen LogP) is 4.74. The fourth-order valence-corrected chi connectivity index (χ4v) is 2.48. The van der Waals surface area contributed by atoms with Gasteiger partial charge in [-0.25, -0.2) is 9.97 Å². The number of anilines is 3. The molecule has 1 heterocycles. The minimum atomic E-state index is -0.348. The Labute approximate surface area is 151 Å². The maximum atomic E-state index is 12.4. The number of amides is 1. The van der Waals surface area contributed by atoms with Gasteiger partial charge in [-0.2, -0.15) is 0 Å². The van der Waals surface area contributed by atoms with E-state index in [1.54, 1.807) is 36.5 Å². The molecule has 0 fully saturated rings. The molecule has 0 radical (unpaired) electrons. The molecule has 0 atom stereocenters. The zero-order chi connectivity index (χ0) is 17.8. The largest absolute Gasteiger partial charge is 0.324 e. The van der Waals surface area contributed by atoms with E-state index in [1.165, 1.54) is 0 Å². The van der Waals surface area contributed by atoms with E-state index in [-0.39, 0.29) is 11.6 Å². The molecule has 1 amide bonds. The van der Waals surface area contributed by atoms with E-state index >= 15 is 0 Å². The highest BCUT2D eigenvalue weighted by Gasteiger charge is 2.11. The molecule has 0 aliphatic rings. The smallest absolute Gasteiger partial charge is 0.274 e. The summed E-state index contributed by atoms with van der Waals surface area (Å²) in [6, 6.07) is 14.5. The lowest BCUT2D eigenvalue weighted by Gasteiger charge is -2.11. The van der Waals surface area contributed by atoms with Crippen LogP contribution in [-0.4, -0.2) is 15.9 Å². The molecule has 1 aromatic heterocycles. The topological polar surface area (TPSA) is 66.9 Å². The lowest BCUT2D eigenvalue weighted by molar-refractivity contribution is 0.102. The minimum absolute atomic E-state index is 0.253. The van der Waals surface area contributed by atoms with Gasteiger partial charge < -0.3 is 10.6 Å². The second kappa shape index (κ2) is 7.32. The van der Waals surface area contributed by atoms with Gasteiger partial charge in [-0.15, -0.1) is 0 Å². The van der Waals surface area contributed by atoms with E-state index in [2.05, 4.69) is 20.6 Å². The number of halogens is 1. The molecular weight excluding hydrogens is 336 g/mol. The number of aryl methyl sites for hydroxylation is 1. The van der Waals surface area contributed by atoms with Gasteiger partial charge in [0, 0.05) is 11.9 Å². The molecule has 3 rings (SSSR count). The van der Waals surface area contributed by atoms with Gasteiger partial charge in [0.2, 0.25) is 5.95 Å². The van der Waals surface area contributed by atoms with Crippen molar-refractivity contribution in [3.63, 3.8) is 0 Å². The third kappa shape index (κ3) is 3.95. The summed E-state index contributed by atoms with van der Waals surface area (Å²) in [6.45, 7) is 4.06. The number of hydrogen-bond acceptors (Lipinski definition) is 4. The van der Waals surface area contributed by atoms with E-state index in [9.17, 15) is 4.79 Å². The summed E-state index contributed by atoms with van der Waals surface area (Å²) in [7, 11) is 0. The summed E-state index contributed by atoms with van der Waals surface area (Å²) in [5, 5.41) is 6.38. The van der Waals surface area contributed by atoms with Crippen molar-refractivity contribution in [2.75, 3.05) is 10.6 Å². The van der Waals surface area contributed by atoms with Gasteiger partial charge in [0.1, 0.15) is 5.69 Å². The van der Waals surface area contributed by atoms with E-state index in [0.29, 0.717) is 16.7 Å². The van der Waals surface area contributed by atoms with Crippen molar-refractivity contribution < 1.29 is 4.79 Å². The summed E-state index contributed by atoms with van der Waals surface area (Å²) >= 11 is 6.07. The number of para-hydroxylation sites is 1. The first-order chi connectivity index (χ1) is 12.0. The van der Waals surface area contributed by atoms with Crippen LogP contribution in [0.25, 0.3) is 0 Å². The van der Waals surface area contributed by atoms with E-state index < -0.39 is 0 Å². The summed E-state index contributed by atoms with van der Waals surface area (Å²) in [5.74, 6) is 0.0139. The van der Waals surface area contributed by atoms with Gasteiger partial charge >= 0.3 is 0 Å². The van der Waals surface area contributed by atoms with Crippen LogP contribution in [0.4, 0.5) is 17.3 Å². The summed E-state index contributed by atoms with van der Waals surface area (Å²) in [4.78, 5) is 20.9. The molecule has 0 spiro atoms. The second-order valence-corrected chi connectivity index (χ2v) is 5.98. The molecule has 6 heteroatoms. The molecule has 2 N–H and O–H groups in total. The predicted molar refractivity (Wildman–Crippen MR) is 101 cm³/mol. The molecule has 5 nitrogen and oxygen atoms in total. The average molecular weight is 353 g/mol. The first kappa shape index (κ1) is 16.9. The highest BCUT2D eigenvalue weighted by atomic mass is 35.5. The zero-order valence-corrected chi connectivity index (χ0v) is 14.6. The lowest BCUT2D eigenvalue weighted by atomic mass is 10.1. The van der Waals surface area contributed by atoms with Gasteiger partial charge in [-0.05, 0) is 49.2 Å². The maximum Gasteiger partial charge on any atom is 0.274 e. The van der Waals surface area contributed by atoms with Gasteiger partial charge in [-0.1, -0.05) is 35.9 Å². The van der Waals surface area contributed by atoms with Crippen molar-refractivity contribution in [1.82, 2.24) is 9.97 Å². The Balaban J connectivity index is 1.80. The molecule has 0 saturated heterocycles. The fraction of sp³-hybridized carbons (Fsp3) is 0.105. The number of carbonyl (C=O) groups is 1. The van der Waals surface area contributed by atoms with Gasteiger partial charge in [-0.3, -0.25) is 4.79 Å². The van der Waals surface area contributed by atoms with Crippen LogP contribution in [0.1, 0.15) is 21.6 Å². The Bertz CT molecular complexity index is 927. The molecule has 126 valence electrons. The Morgan fingerprint density at radius 2 is 1.76 bits per heavy atom. The van der Waals surface area contributed by atoms with Crippen LogP contribution in [0, 0.1) is 13.8 Å². The van der Waals surface area contributed by atoms with Crippen molar-refractivity contribution >= 4 is 34.8 Å². The number of nitrogens with one attached hydrogen (secondary N) is 2. The molecule has 0 unspecified atom stereocenters. The first-order valence-electron chi connectivity index (χ1n) is 7.77. The SMILES string of the molecule is Cc1cccc(Nc2nccc(C(=O)Nc3ccccc3Cl)n2)c1C. The molecule has 0 aliphatic carbocycles. The number of carbonyl (C=O) groups excluding carboxylic acids is 1. The Hall–Kier alpha value is -2.92. The summed E-state index contributed by atoms with van der Waals surface area (Å²) < 4.78 is 0. The van der Waals surface area contributed by atoms with Crippen LogP contribution >= 0.6 is 11.6 Å². The number of benzene rings is 2. The molecule has 0 saturated carbocycles. The van der Waals surface area contributed by atoms with Crippen LogP contribution < -0.4 is 10.6 Å². The molecule has 2 aromatic carbocycles. The van der Waals surface area contributed by atoms with Crippen LogP contribution in [0.3, 0.4) is 0 Å². The Morgan fingerprint density at radius 1 is 1.00 bits per heavy atom. The first-order valence-corrected chi connectivity index (χ1v) is 8.14. The highest BCUT2D eigenvalue weighted by molar-refractivity contribution is 6.33. The van der Waals surface area contributed by atoms with Gasteiger partial charge in [0.05, 0.1) is 10.7 Å². The van der Waals surface area contributed by atoms with Crippen molar-refractivity contribution in [3.8, 4) is 0 Å². The Kier molecular flexibility index (Phi) is 4.95. The maximum absolute atomic E-state index is 12.4. The standard InChI is InChI=1S/C19H17ClN4O/c1-12-6-5-9-15(13(12)2)23-19-21-11-10-17(24-19)18(25)22-16-8-4-3-7-14(16)20/h3-11H,1-2H3,(H,22,25)(H,21,23,24). The van der Waals surface area contributed by atoms with E-state index in [0.717, 1.165) is 16.8 Å². The molecular formula is C19H17ClN4O. The lowest BCUT2D eigenvalue weighted by Crippen LogP contribution is -2.15. The quantitative estimate of drug-likeness (QED) is 0.711. The fourth-order valence-electron chi connectivity index (χ4n) is 2.30.